The minimum Gasteiger partial charge on any atom is -0.495 e. The molecule has 28 heavy (non-hydrogen) atoms. The Morgan fingerprint density at radius 3 is 3.00 bits per heavy atom. The fraction of sp³-hybridized carbons (Fsp3) is 0.667. The number of nitrogens with one attached hydrogen (secondary N) is 2. The maximum Gasteiger partial charge on any atom is 0.191 e. The van der Waals surface area contributed by atoms with Crippen LogP contribution in [0.15, 0.2) is 29.3 Å². The maximum atomic E-state index is 5.75. The molecule has 3 rings (SSSR count). The van der Waals surface area contributed by atoms with Crippen LogP contribution in [0, 0.1) is 5.92 Å². The molecule has 7 nitrogen and oxygen atoms in total. The highest BCUT2D eigenvalue weighted by Gasteiger charge is 2.25. The van der Waals surface area contributed by atoms with Crippen LogP contribution >= 0.6 is 0 Å². The van der Waals surface area contributed by atoms with E-state index in [1.165, 1.54) is 0 Å². The van der Waals surface area contributed by atoms with Gasteiger partial charge in [-0.15, -0.1) is 0 Å². The van der Waals surface area contributed by atoms with Gasteiger partial charge in [-0.05, 0) is 31.4 Å². The van der Waals surface area contributed by atoms with E-state index < -0.39 is 0 Å². The van der Waals surface area contributed by atoms with E-state index in [0.717, 1.165) is 82.7 Å². The number of para-hydroxylation sites is 2. The molecule has 156 valence electrons. The number of ether oxygens (including phenoxy) is 3. The molecule has 0 aliphatic carbocycles. The number of rotatable bonds is 9. The molecule has 2 unspecified atom stereocenters. The summed E-state index contributed by atoms with van der Waals surface area (Å²) in [7, 11) is 3.54. The van der Waals surface area contributed by atoms with Crippen molar-refractivity contribution in [2.45, 2.75) is 25.3 Å². The fourth-order valence-electron chi connectivity index (χ4n) is 3.72. The summed E-state index contributed by atoms with van der Waals surface area (Å²) in [5, 5.41) is 6.93. The molecule has 2 aliphatic rings. The van der Waals surface area contributed by atoms with Crippen molar-refractivity contribution in [3.05, 3.63) is 24.3 Å². The van der Waals surface area contributed by atoms with Crippen molar-refractivity contribution >= 4 is 11.6 Å². The molecular formula is C21H34N4O3. The molecule has 0 spiro atoms. The third-order valence-electron chi connectivity index (χ3n) is 5.31. The third kappa shape index (κ3) is 6.01. The molecule has 2 N–H and O–H groups in total. The summed E-state index contributed by atoms with van der Waals surface area (Å²) in [6.45, 7) is 6.11. The van der Waals surface area contributed by atoms with Gasteiger partial charge < -0.3 is 29.7 Å². The van der Waals surface area contributed by atoms with Crippen LogP contribution in [0.4, 0.5) is 5.69 Å². The van der Waals surface area contributed by atoms with E-state index in [9.17, 15) is 0 Å². The van der Waals surface area contributed by atoms with Crippen molar-refractivity contribution < 1.29 is 14.2 Å². The predicted octanol–water partition coefficient (Wildman–Crippen LogP) is 1.88. The number of aliphatic imine (C=N–C) groups is 1. The van der Waals surface area contributed by atoms with E-state index in [4.69, 9.17) is 14.2 Å². The zero-order valence-corrected chi connectivity index (χ0v) is 17.2. The molecular weight excluding hydrogens is 356 g/mol. The van der Waals surface area contributed by atoms with Gasteiger partial charge in [-0.3, -0.25) is 4.99 Å². The molecule has 2 fully saturated rings. The van der Waals surface area contributed by atoms with Gasteiger partial charge in [0, 0.05) is 51.9 Å². The molecule has 0 amide bonds. The standard InChI is InChI=1S/C21H34N4O3/c1-22-21(23-10-5-12-27-15-17-9-13-28-16-17)24-18-8-11-25(14-18)19-6-3-4-7-20(19)26-2/h3-4,6-7,17-18H,5,8-16H2,1-2H3,(H2,22,23,24). The van der Waals surface area contributed by atoms with Gasteiger partial charge in [-0.1, -0.05) is 12.1 Å². The van der Waals surface area contributed by atoms with E-state index in [-0.39, 0.29) is 0 Å². The Labute approximate surface area is 168 Å². The number of anilines is 1. The van der Waals surface area contributed by atoms with E-state index >= 15 is 0 Å². The third-order valence-corrected chi connectivity index (χ3v) is 5.31. The van der Waals surface area contributed by atoms with E-state index in [1.54, 1.807) is 7.11 Å². The largest absolute Gasteiger partial charge is 0.495 e. The van der Waals surface area contributed by atoms with Crippen molar-refractivity contribution in [1.29, 1.82) is 0 Å². The van der Waals surface area contributed by atoms with Crippen LogP contribution in [-0.2, 0) is 9.47 Å². The van der Waals surface area contributed by atoms with E-state index in [2.05, 4.69) is 32.7 Å². The molecule has 7 heteroatoms. The number of nitrogens with zero attached hydrogens (tertiary/aromatic N) is 2. The van der Waals surface area contributed by atoms with Crippen molar-refractivity contribution in [2.24, 2.45) is 10.9 Å². The van der Waals surface area contributed by atoms with Crippen molar-refractivity contribution in [1.82, 2.24) is 10.6 Å². The van der Waals surface area contributed by atoms with Crippen molar-refractivity contribution in [3.63, 3.8) is 0 Å². The summed E-state index contributed by atoms with van der Waals surface area (Å²) in [6.07, 6.45) is 3.17. The summed E-state index contributed by atoms with van der Waals surface area (Å²) in [6, 6.07) is 8.56. The monoisotopic (exact) mass is 390 g/mol. The minimum absolute atomic E-state index is 0.370. The Hall–Kier alpha value is -1.99. The van der Waals surface area contributed by atoms with E-state index in [1.807, 2.05) is 19.2 Å². The first-order valence-electron chi connectivity index (χ1n) is 10.3. The lowest BCUT2D eigenvalue weighted by Gasteiger charge is -2.22. The fourth-order valence-corrected chi connectivity index (χ4v) is 3.72. The lowest BCUT2D eigenvalue weighted by Crippen LogP contribution is -2.45. The van der Waals surface area contributed by atoms with Crippen LogP contribution in [0.2, 0.25) is 0 Å². The van der Waals surface area contributed by atoms with Crippen LogP contribution < -0.4 is 20.3 Å². The molecule has 0 aromatic heterocycles. The highest BCUT2D eigenvalue weighted by molar-refractivity contribution is 5.80. The van der Waals surface area contributed by atoms with Gasteiger partial charge in [-0.25, -0.2) is 0 Å². The summed E-state index contributed by atoms with van der Waals surface area (Å²) >= 11 is 0. The van der Waals surface area contributed by atoms with Crippen molar-refractivity contribution in [2.75, 3.05) is 65.1 Å². The molecule has 1 aromatic rings. The van der Waals surface area contributed by atoms with Gasteiger partial charge in [0.15, 0.2) is 5.96 Å². The molecule has 2 heterocycles. The molecule has 2 aliphatic heterocycles. The molecule has 1 aromatic carbocycles. The second kappa shape index (κ2) is 11.1. The van der Waals surface area contributed by atoms with Gasteiger partial charge >= 0.3 is 0 Å². The van der Waals surface area contributed by atoms with E-state index in [0.29, 0.717) is 12.0 Å². The van der Waals surface area contributed by atoms with Gasteiger partial charge in [0.2, 0.25) is 0 Å². The van der Waals surface area contributed by atoms with Crippen LogP contribution in [0.3, 0.4) is 0 Å². The second-order valence-electron chi connectivity index (χ2n) is 7.40. The topological polar surface area (TPSA) is 67.4 Å². The van der Waals surface area contributed by atoms with Gasteiger partial charge in [0.25, 0.3) is 0 Å². The van der Waals surface area contributed by atoms with Gasteiger partial charge in [0.1, 0.15) is 5.75 Å². The van der Waals surface area contributed by atoms with Crippen molar-refractivity contribution in [3.8, 4) is 5.75 Å². The predicted molar refractivity (Wildman–Crippen MR) is 112 cm³/mol. The molecule has 2 atom stereocenters. The lowest BCUT2D eigenvalue weighted by atomic mass is 10.1. The zero-order valence-electron chi connectivity index (χ0n) is 17.2. The Kier molecular flexibility index (Phi) is 8.23. The summed E-state index contributed by atoms with van der Waals surface area (Å²) in [4.78, 5) is 6.72. The van der Waals surface area contributed by atoms with Crippen LogP contribution in [0.25, 0.3) is 0 Å². The van der Waals surface area contributed by atoms with Crippen LogP contribution in [0.5, 0.6) is 5.75 Å². The molecule has 0 saturated carbocycles. The highest BCUT2D eigenvalue weighted by atomic mass is 16.5. The second-order valence-corrected chi connectivity index (χ2v) is 7.40. The van der Waals surface area contributed by atoms with Crippen LogP contribution in [0.1, 0.15) is 19.3 Å². The Morgan fingerprint density at radius 2 is 2.21 bits per heavy atom. The van der Waals surface area contributed by atoms with Gasteiger partial charge in [0.05, 0.1) is 26.0 Å². The van der Waals surface area contributed by atoms with Crippen LogP contribution in [-0.4, -0.2) is 72.2 Å². The lowest BCUT2D eigenvalue weighted by molar-refractivity contribution is 0.0888. The number of guanidine groups is 1. The smallest absolute Gasteiger partial charge is 0.191 e. The van der Waals surface area contributed by atoms with Gasteiger partial charge in [-0.2, -0.15) is 0 Å². The SMILES string of the molecule is CN=C(NCCCOCC1CCOC1)NC1CCN(c2ccccc2OC)C1. The summed E-state index contributed by atoms with van der Waals surface area (Å²) in [5.41, 5.74) is 1.15. The average Bonchev–Trinajstić information content (AvgIpc) is 3.41. The highest BCUT2D eigenvalue weighted by Crippen LogP contribution is 2.30. The molecule has 0 radical (unpaired) electrons. The summed E-state index contributed by atoms with van der Waals surface area (Å²) < 4.78 is 16.6. The molecule has 2 saturated heterocycles. The number of methoxy groups -OCH3 is 1. The first-order chi connectivity index (χ1) is 13.8. The Morgan fingerprint density at radius 1 is 1.32 bits per heavy atom. The number of benzene rings is 1. The minimum atomic E-state index is 0.370. The first-order valence-corrected chi connectivity index (χ1v) is 10.3. The number of hydrogen-bond donors (Lipinski definition) is 2. The number of hydrogen-bond acceptors (Lipinski definition) is 5. The normalized spacial score (nSPS) is 22.5. The Bertz CT molecular complexity index is 619. The molecule has 0 bridgehead atoms. The first kappa shape index (κ1) is 20.7. The quantitative estimate of drug-likeness (QED) is 0.381. The zero-order chi connectivity index (χ0) is 19.6. The maximum absolute atomic E-state index is 5.75. The Balaban J connectivity index is 1.33. The summed E-state index contributed by atoms with van der Waals surface area (Å²) in [5.74, 6) is 2.36. The average molecular weight is 391 g/mol.